The van der Waals surface area contributed by atoms with E-state index in [1.807, 2.05) is 4.90 Å². The van der Waals surface area contributed by atoms with Crippen LogP contribution >= 0.6 is 0 Å². The maximum atomic E-state index is 12.9. The average Bonchev–Trinajstić information content (AvgIpc) is 3.16. The van der Waals surface area contributed by atoms with Crippen LogP contribution in [0.15, 0.2) is 16.7 Å². The van der Waals surface area contributed by atoms with Crippen molar-refractivity contribution >= 4 is 5.91 Å². The van der Waals surface area contributed by atoms with Gasteiger partial charge in [0, 0.05) is 24.9 Å². The highest BCUT2D eigenvalue weighted by atomic mass is 16.3. The van der Waals surface area contributed by atoms with Crippen molar-refractivity contribution < 1.29 is 14.3 Å². The molecule has 4 nitrogen and oxygen atoms in total. The van der Waals surface area contributed by atoms with Gasteiger partial charge in [-0.2, -0.15) is 0 Å². The molecule has 0 radical (unpaired) electrons. The molecule has 0 unspecified atom stereocenters. The molecule has 0 spiro atoms. The molecule has 1 saturated carbocycles. The van der Waals surface area contributed by atoms with Gasteiger partial charge in [0.1, 0.15) is 5.76 Å². The topological polar surface area (TPSA) is 53.7 Å². The smallest absolute Gasteiger partial charge is 0.257 e. The second-order valence-electron chi connectivity index (χ2n) is 6.73. The highest BCUT2D eigenvalue weighted by Gasteiger charge is 2.39. The van der Waals surface area contributed by atoms with Crippen LogP contribution in [0.5, 0.6) is 0 Å². The van der Waals surface area contributed by atoms with Gasteiger partial charge >= 0.3 is 0 Å². The Morgan fingerprint density at radius 1 is 1.32 bits per heavy atom. The lowest BCUT2D eigenvalue weighted by Gasteiger charge is -2.37. The Balaban J connectivity index is 1.77. The SMILES string of the molecule is CCCc1occc1C(=O)N1CCC[C@@H]1[C@H]1CCCC[C@@H]1O. The van der Waals surface area contributed by atoms with Gasteiger partial charge in [0.25, 0.3) is 5.91 Å². The Morgan fingerprint density at radius 3 is 2.91 bits per heavy atom. The second kappa shape index (κ2) is 6.86. The number of hydrogen-bond donors (Lipinski definition) is 1. The van der Waals surface area contributed by atoms with E-state index in [1.54, 1.807) is 12.3 Å². The summed E-state index contributed by atoms with van der Waals surface area (Å²) in [5.41, 5.74) is 0.721. The van der Waals surface area contributed by atoms with Crippen molar-refractivity contribution in [2.45, 2.75) is 70.4 Å². The number of rotatable bonds is 4. The van der Waals surface area contributed by atoms with E-state index in [0.29, 0.717) is 0 Å². The summed E-state index contributed by atoms with van der Waals surface area (Å²) in [4.78, 5) is 15.0. The zero-order chi connectivity index (χ0) is 15.5. The summed E-state index contributed by atoms with van der Waals surface area (Å²) < 4.78 is 5.49. The van der Waals surface area contributed by atoms with E-state index in [9.17, 15) is 9.90 Å². The highest BCUT2D eigenvalue weighted by molar-refractivity contribution is 5.95. The highest BCUT2D eigenvalue weighted by Crippen LogP contribution is 2.35. The van der Waals surface area contributed by atoms with Gasteiger partial charge in [-0.15, -0.1) is 0 Å². The van der Waals surface area contributed by atoms with E-state index in [2.05, 4.69) is 6.92 Å². The zero-order valence-electron chi connectivity index (χ0n) is 13.5. The standard InChI is InChI=1S/C18H27NO3/c1-2-6-17-14(10-12-22-17)18(21)19-11-5-8-15(19)13-7-3-4-9-16(13)20/h10,12-13,15-16,20H,2-9,11H2,1H3/t13-,15-,16+/m1/s1. The first-order valence-corrected chi connectivity index (χ1v) is 8.77. The third-order valence-electron chi connectivity index (χ3n) is 5.29. The molecule has 1 amide bonds. The van der Waals surface area contributed by atoms with Crippen LogP contribution in [-0.2, 0) is 6.42 Å². The van der Waals surface area contributed by atoms with E-state index < -0.39 is 0 Å². The van der Waals surface area contributed by atoms with Gasteiger partial charge in [-0.05, 0) is 38.2 Å². The summed E-state index contributed by atoms with van der Waals surface area (Å²) in [6, 6.07) is 2.01. The normalized spacial score (nSPS) is 29.0. The Morgan fingerprint density at radius 2 is 2.14 bits per heavy atom. The molecule has 1 saturated heterocycles. The number of aliphatic hydroxyl groups is 1. The molecule has 0 bridgehead atoms. The summed E-state index contributed by atoms with van der Waals surface area (Å²) in [6.07, 6.45) is 9.43. The van der Waals surface area contributed by atoms with Crippen molar-refractivity contribution in [3.05, 3.63) is 23.7 Å². The number of furan rings is 1. The summed E-state index contributed by atoms with van der Waals surface area (Å²) in [6.45, 7) is 2.90. The monoisotopic (exact) mass is 305 g/mol. The van der Waals surface area contributed by atoms with E-state index in [-0.39, 0.29) is 24.0 Å². The van der Waals surface area contributed by atoms with E-state index in [1.165, 1.54) is 6.42 Å². The van der Waals surface area contributed by atoms with Crippen molar-refractivity contribution in [3.8, 4) is 0 Å². The van der Waals surface area contributed by atoms with Crippen LogP contribution in [0.4, 0.5) is 0 Å². The van der Waals surface area contributed by atoms with E-state index in [0.717, 1.165) is 62.8 Å². The first-order valence-electron chi connectivity index (χ1n) is 8.77. The van der Waals surface area contributed by atoms with Crippen molar-refractivity contribution in [1.82, 2.24) is 4.90 Å². The van der Waals surface area contributed by atoms with Gasteiger partial charge in [0.05, 0.1) is 17.9 Å². The lowest BCUT2D eigenvalue weighted by molar-refractivity contribution is 0.0211. The Bertz CT molecular complexity index is 510. The average molecular weight is 305 g/mol. The lowest BCUT2D eigenvalue weighted by Crippen LogP contribution is -2.45. The minimum atomic E-state index is -0.244. The van der Waals surface area contributed by atoms with Crippen molar-refractivity contribution in [2.24, 2.45) is 5.92 Å². The molecule has 1 aliphatic carbocycles. The second-order valence-corrected chi connectivity index (χ2v) is 6.73. The molecule has 0 aromatic carbocycles. The first-order chi connectivity index (χ1) is 10.7. The number of amides is 1. The number of nitrogens with zero attached hydrogens (tertiary/aromatic N) is 1. The zero-order valence-corrected chi connectivity index (χ0v) is 13.5. The maximum absolute atomic E-state index is 12.9. The first kappa shape index (κ1) is 15.6. The molecule has 22 heavy (non-hydrogen) atoms. The van der Waals surface area contributed by atoms with Crippen LogP contribution in [0, 0.1) is 5.92 Å². The van der Waals surface area contributed by atoms with Crippen molar-refractivity contribution in [2.75, 3.05) is 6.54 Å². The van der Waals surface area contributed by atoms with Crippen LogP contribution in [0.2, 0.25) is 0 Å². The Hall–Kier alpha value is -1.29. The molecular weight excluding hydrogens is 278 g/mol. The molecule has 3 rings (SSSR count). The van der Waals surface area contributed by atoms with Gasteiger partial charge in [0.2, 0.25) is 0 Å². The third kappa shape index (κ3) is 2.94. The Kier molecular flexibility index (Phi) is 4.87. The number of likely N-dealkylation sites (tertiary alicyclic amines) is 1. The van der Waals surface area contributed by atoms with Crippen LogP contribution in [0.1, 0.15) is 68.0 Å². The molecule has 1 aromatic rings. The fourth-order valence-electron chi connectivity index (χ4n) is 4.19. The van der Waals surface area contributed by atoms with Gasteiger partial charge in [-0.1, -0.05) is 19.8 Å². The molecule has 2 fully saturated rings. The minimum absolute atomic E-state index is 0.0949. The Labute approximate surface area is 132 Å². The molecule has 1 aromatic heterocycles. The number of carbonyl (C=O) groups is 1. The number of carbonyl (C=O) groups excluding carboxylic acids is 1. The molecule has 3 atom stereocenters. The molecule has 122 valence electrons. The van der Waals surface area contributed by atoms with Crippen LogP contribution < -0.4 is 0 Å². The molecule has 4 heteroatoms. The maximum Gasteiger partial charge on any atom is 0.257 e. The molecular formula is C18H27NO3. The van der Waals surface area contributed by atoms with Gasteiger partial charge in [-0.3, -0.25) is 4.79 Å². The van der Waals surface area contributed by atoms with Gasteiger partial charge < -0.3 is 14.4 Å². The van der Waals surface area contributed by atoms with E-state index in [4.69, 9.17) is 4.42 Å². The lowest BCUT2D eigenvalue weighted by atomic mass is 9.80. The molecule has 2 heterocycles. The summed E-state index contributed by atoms with van der Waals surface area (Å²) in [5, 5.41) is 10.3. The minimum Gasteiger partial charge on any atom is -0.469 e. The number of aliphatic hydroxyl groups excluding tert-OH is 1. The fraction of sp³-hybridized carbons (Fsp3) is 0.722. The predicted octanol–water partition coefficient (Wildman–Crippen LogP) is 3.39. The van der Waals surface area contributed by atoms with Crippen molar-refractivity contribution in [1.29, 1.82) is 0 Å². The van der Waals surface area contributed by atoms with Gasteiger partial charge in [-0.25, -0.2) is 0 Å². The summed E-state index contributed by atoms with van der Waals surface area (Å²) >= 11 is 0. The van der Waals surface area contributed by atoms with Crippen LogP contribution in [0.25, 0.3) is 0 Å². The number of hydrogen-bond acceptors (Lipinski definition) is 3. The molecule has 1 aliphatic heterocycles. The predicted molar refractivity (Wildman–Crippen MR) is 84.7 cm³/mol. The molecule has 1 N–H and O–H groups in total. The fourth-order valence-corrected chi connectivity index (χ4v) is 4.19. The van der Waals surface area contributed by atoms with E-state index >= 15 is 0 Å². The van der Waals surface area contributed by atoms with Crippen LogP contribution in [0.3, 0.4) is 0 Å². The number of aryl methyl sites for hydroxylation is 1. The third-order valence-corrected chi connectivity index (χ3v) is 5.29. The largest absolute Gasteiger partial charge is 0.469 e. The quantitative estimate of drug-likeness (QED) is 0.927. The van der Waals surface area contributed by atoms with Crippen molar-refractivity contribution in [3.63, 3.8) is 0 Å². The summed E-state index contributed by atoms with van der Waals surface area (Å²) in [7, 11) is 0. The van der Waals surface area contributed by atoms with Gasteiger partial charge in [0.15, 0.2) is 0 Å². The summed E-state index contributed by atoms with van der Waals surface area (Å²) in [5.74, 6) is 1.15. The molecule has 2 aliphatic rings. The van der Waals surface area contributed by atoms with Crippen LogP contribution in [-0.4, -0.2) is 34.6 Å².